The van der Waals surface area contributed by atoms with Gasteiger partial charge in [0.15, 0.2) is 0 Å². The van der Waals surface area contributed by atoms with Gasteiger partial charge in [-0.25, -0.2) is 13.6 Å². The molecule has 0 aliphatic heterocycles. The number of fused-ring (bicyclic) bond motifs is 1. The van der Waals surface area contributed by atoms with Gasteiger partial charge >= 0.3 is 5.97 Å². The highest BCUT2D eigenvalue weighted by Gasteiger charge is 2.37. The SMILES string of the molecule is CCCCCCCC1CCC2CC(c3c(F)cc(C(=O)Oc4ccc(C#N)cc4)cc3F)CCC2C1. The Bertz CT molecular complexity index is 1050. The van der Waals surface area contributed by atoms with Gasteiger partial charge in [0.25, 0.3) is 0 Å². The average Bonchev–Trinajstić information content (AvgIpc) is 2.88. The molecule has 4 unspecified atom stereocenters. The highest BCUT2D eigenvalue weighted by Crippen LogP contribution is 2.49. The summed E-state index contributed by atoms with van der Waals surface area (Å²) in [5.41, 5.74) is 0.412. The second kappa shape index (κ2) is 12.5. The molecule has 0 heterocycles. The van der Waals surface area contributed by atoms with Crippen LogP contribution in [0.4, 0.5) is 8.78 Å². The minimum atomic E-state index is -0.819. The van der Waals surface area contributed by atoms with E-state index in [1.165, 1.54) is 82.1 Å². The zero-order valence-electron chi connectivity index (χ0n) is 21.3. The summed E-state index contributed by atoms with van der Waals surface area (Å²) in [6.45, 7) is 2.25. The predicted octanol–water partition coefficient (Wildman–Crippen LogP) is 8.72. The molecular formula is C31H37F2NO2. The first-order valence-corrected chi connectivity index (χ1v) is 13.7. The number of hydrogen-bond acceptors (Lipinski definition) is 3. The lowest BCUT2D eigenvalue weighted by molar-refractivity contribution is 0.0733. The van der Waals surface area contributed by atoms with Gasteiger partial charge in [0.05, 0.1) is 17.2 Å². The zero-order valence-corrected chi connectivity index (χ0v) is 21.3. The Hall–Kier alpha value is -2.74. The van der Waals surface area contributed by atoms with E-state index in [-0.39, 0.29) is 22.8 Å². The van der Waals surface area contributed by atoms with Crippen LogP contribution in [0.25, 0.3) is 0 Å². The molecule has 2 saturated carbocycles. The first-order valence-electron chi connectivity index (χ1n) is 13.7. The summed E-state index contributed by atoms with van der Waals surface area (Å²) in [5, 5.41) is 8.87. The minimum Gasteiger partial charge on any atom is -0.423 e. The summed E-state index contributed by atoms with van der Waals surface area (Å²) < 4.78 is 35.5. The van der Waals surface area contributed by atoms with Crippen LogP contribution in [-0.2, 0) is 0 Å². The minimum absolute atomic E-state index is 0.126. The molecule has 192 valence electrons. The smallest absolute Gasteiger partial charge is 0.343 e. The van der Waals surface area contributed by atoms with E-state index in [1.54, 1.807) is 0 Å². The summed E-state index contributed by atoms with van der Waals surface area (Å²) in [7, 11) is 0. The van der Waals surface area contributed by atoms with Gasteiger partial charge in [-0.05, 0) is 92.2 Å². The first-order chi connectivity index (χ1) is 17.5. The van der Waals surface area contributed by atoms with Crippen molar-refractivity contribution >= 4 is 5.97 Å². The van der Waals surface area contributed by atoms with Crippen LogP contribution in [0.3, 0.4) is 0 Å². The van der Waals surface area contributed by atoms with E-state index in [0.29, 0.717) is 17.4 Å². The Morgan fingerprint density at radius 3 is 2.31 bits per heavy atom. The van der Waals surface area contributed by atoms with Crippen molar-refractivity contribution in [3.63, 3.8) is 0 Å². The molecule has 2 fully saturated rings. The van der Waals surface area contributed by atoms with Crippen molar-refractivity contribution in [2.24, 2.45) is 17.8 Å². The zero-order chi connectivity index (χ0) is 25.5. The number of unbranched alkanes of at least 4 members (excludes halogenated alkanes) is 4. The molecule has 5 heteroatoms. The molecule has 36 heavy (non-hydrogen) atoms. The lowest BCUT2D eigenvalue weighted by Crippen LogP contribution is -2.31. The van der Waals surface area contributed by atoms with Crippen molar-refractivity contribution in [1.29, 1.82) is 5.26 Å². The summed E-state index contributed by atoms with van der Waals surface area (Å²) in [6, 6.07) is 10.2. The normalized spacial score (nSPS) is 23.5. The third-order valence-corrected chi connectivity index (χ3v) is 8.35. The van der Waals surface area contributed by atoms with Crippen LogP contribution >= 0.6 is 0 Å². The van der Waals surface area contributed by atoms with Gasteiger partial charge in [-0.2, -0.15) is 5.26 Å². The number of ether oxygens (including phenoxy) is 1. The quantitative estimate of drug-likeness (QED) is 0.199. The Morgan fingerprint density at radius 1 is 0.944 bits per heavy atom. The van der Waals surface area contributed by atoms with Gasteiger partial charge in [-0.15, -0.1) is 0 Å². The third-order valence-electron chi connectivity index (χ3n) is 8.35. The third kappa shape index (κ3) is 6.52. The van der Waals surface area contributed by atoms with E-state index < -0.39 is 17.6 Å². The molecule has 0 amide bonds. The number of carbonyl (C=O) groups is 1. The van der Waals surface area contributed by atoms with Crippen molar-refractivity contribution < 1.29 is 18.3 Å². The van der Waals surface area contributed by atoms with Crippen LogP contribution in [0.5, 0.6) is 5.75 Å². The Morgan fingerprint density at radius 2 is 1.61 bits per heavy atom. The second-order valence-electron chi connectivity index (χ2n) is 10.8. The molecule has 0 aromatic heterocycles. The Kier molecular flexibility index (Phi) is 9.13. The Labute approximate surface area is 213 Å². The van der Waals surface area contributed by atoms with Gasteiger partial charge < -0.3 is 4.74 Å². The molecular weight excluding hydrogens is 456 g/mol. The van der Waals surface area contributed by atoms with Crippen molar-refractivity contribution in [1.82, 2.24) is 0 Å². The van der Waals surface area contributed by atoms with Crippen molar-refractivity contribution in [2.45, 2.75) is 89.9 Å². The fourth-order valence-electron chi connectivity index (χ4n) is 6.40. The molecule has 0 bridgehead atoms. The molecule has 2 aliphatic rings. The number of benzene rings is 2. The van der Waals surface area contributed by atoms with Crippen LogP contribution in [0.15, 0.2) is 36.4 Å². The fraction of sp³-hybridized carbons (Fsp3) is 0.548. The van der Waals surface area contributed by atoms with Gasteiger partial charge in [-0.1, -0.05) is 51.9 Å². The topological polar surface area (TPSA) is 50.1 Å². The van der Waals surface area contributed by atoms with E-state index >= 15 is 8.78 Å². The lowest BCUT2D eigenvalue weighted by Gasteiger charge is -2.42. The molecule has 4 atom stereocenters. The number of nitriles is 1. The summed E-state index contributed by atoms with van der Waals surface area (Å²) in [5.74, 6) is -0.0142. The monoisotopic (exact) mass is 493 g/mol. The second-order valence-corrected chi connectivity index (χ2v) is 10.8. The molecule has 0 spiro atoms. The van der Waals surface area contributed by atoms with Crippen LogP contribution in [0.1, 0.15) is 111 Å². The van der Waals surface area contributed by atoms with Crippen molar-refractivity contribution in [3.05, 3.63) is 64.7 Å². The van der Waals surface area contributed by atoms with Crippen LogP contribution in [0, 0.1) is 40.7 Å². The molecule has 0 radical (unpaired) electrons. The first kappa shape index (κ1) is 26.3. The summed E-state index contributed by atoms with van der Waals surface area (Å²) in [6.07, 6.45) is 14.3. The number of halogens is 2. The van der Waals surface area contributed by atoms with E-state index in [2.05, 4.69) is 6.92 Å². The van der Waals surface area contributed by atoms with Crippen molar-refractivity contribution in [3.8, 4) is 11.8 Å². The maximum Gasteiger partial charge on any atom is 0.343 e. The summed E-state index contributed by atoms with van der Waals surface area (Å²) >= 11 is 0. The fourth-order valence-corrected chi connectivity index (χ4v) is 6.40. The molecule has 2 aromatic rings. The lowest BCUT2D eigenvalue weighted by atomic mass is 9.63. The summed E-state index contributed by atoms with van der Waals surface area (Å²) in [4.78, 5) is 12.5. The number of hydrogen-bond donors (Lipinski definition) is 0. The molecule has 0 N–H and O–H groups in total. The van der Waals surface area contributed by atoms with Crippen molar-refractivity contribution in [2.75, 3.05) is 0 Å². The van der Waals surface area contributed by atoms with E-state index in [4.69, 9.17) is 10.00 Å². The highest BCUT2D eigenvalue weighted by atomic mass is 19.1. The highest BCUT2D eigenvalue weighted by molar-refractivity contribution is 5.91. The molecule has 0 saturated heterocycles. The number of esters is 1. The molecule has 3 nitrogen and oxygen atoms in total. The standard InChI is InChI=1S/C31H37F2NO2/c1-2-3-4-5-6-7-21-8-11-24-17-25(13-12-23(24)16-21)30-28(32)18-26(19-29(30)33)31(35)36-27-14-9-22(20-34)10-15-27/h9-10,14-15,18-19,21,23-25H,2-8,11-13,16-17H2,1H3. The maximum absolute atomic E-state index is 15.1. The number of carbonyl (C=O) groups excluding carboxylic acids is 1. The molecule has 2 aromatic carbocycles. The largest absolute Gasteiger partial charge is 0.423 e. The van der Waals surface area contributed by atoms with Gasteiger partial charge in [0.2, 0.25) is 0 Å². The number of rotatable bonds is 9. The van der Waals surface area contributed by atoms with Crippen LogP contribution in [-0.4, -0.2) is 5.97 Å². The number of nitrogens with zero attached hydrogens (tertiary/aromatic N) is 1. The van der Waals surface area contributed by atoms with Crippen LogP contribution in [0.2, 0.25) is 0 Å². The predicted molar refractivity (Wildman–Crippen MR) is 137 cm³/mol. The Balaban J connectivity index is 1.34. The molecule has 2 aliphatic carbocycles. The van der Waals surface area contributed by atoms with Gasteiger partial charge in [0, 0.05) is 5.56 Å². The molecule has 4 rings (SSSR count). The van der Waals surface area contributed by atoms with E-state index in [0.717, 1.165) is 37.3 Å². The average molecular weight is 494 g/mol. The van der Waals surface area contributed by atoms with E-state index in [1.807, 2.05) is 6.07 Å². The van der Waals surface area contributed by atoms with Crippen LogP contribution < -0.4 is 4.74 Å². The maximum atomic E-state index is 15.1. The van der Waals surface area contributed by atoms with Gasteiger partial charge in [-0.3, -0.25) is 0 Å². The van der Waals surface area contributed by atoms with Gasteiger partial charge in [0.1, 0.15) is 17.4 Å². The van der Waals surface area contributed by atoms with E-state index in [9.17, 15) is 4.79 Å².